The van der Waals surface area contributed by atoms with Crippen LogP contribution >= 0.6 is 23.2 Å². The Kier molecular flexibility index (Phi) is 3.47. The van der Waals surface area contributed by atoms with Gasteiger partial charge in [0.05, 0.1) is 12.7 Å². The molecule has 0 aliphatic carbocycles. The van der Waals surface area contributed by atoms with Crippen LogP contribution in [-0.4, -0.2) is 17.1 Å². The first-order chi connectivity index (χ1) is 9.69. The summed E-state index contributed by atoms with van der Waals surface area (Å²) in [5, 5.41) is 2.66. The zero-order valence-electron chi connectivity index (χ0n) is 10.6. The molecular formula is C15H10Cl2N2O. The molecule has 3 aromatic rings. The van der Waals surface area contributed by atoms with Crippen LogP contribution in [0.3, 0.4) is 0 Å². The summed E-state index contributed by atoms with van der Waals surface area (Å²) >= 11 is 11.9. The monoisotopic (exact) mass is 304 g/mol. The van der Waals surface area contributed by atoms with Crippen LogP contribution in [0.4, 0.5) is 0 Å². The standard InChI is InChI=1S/C15H10Cl2N2O/c1-20-11-7-6-9-4-2-3-5-10(9)14(11)15-18-12(16)8-13(17)19-15/h2-8H,1H3. The third-order valence-electron chi connectivity index (χ3n) is 3.00. The zero-order chi connectivity index (χ0) is 14.1. The zero-order valence-corrected chi connectivity index (χ0v) is 12.1. The predicted molar refractivity (Wildman–Crippen MR) is 81.5 cm³/mol. The molecule has 100 valence electrons. The average Bonchev–Trinajstić information content (AvgIpc) is 2.45. The van der Waals surface area contributed by atoms with Crippen molar-refractivity contribution in [1.29, 1.82) is 0 Å². The lowest BCUT2D eigenvalue weighted by Crippen LogP contribution is -1.95. The van der Waals surface area contributed by atoms with Crippen LogP contribution in [0.15, 0.2) is 42.5 Å². The third-order valence-corrected chi connectivity index (χ3v) is 3.39. The fraction of sp³-hybridized carbons (Fsp3) is 0.0667. The molecule has 3 rings (SSSR count). The van der Waals surface area contributed by atoms with Crippen LogP contribution in [-0.2, 0) is 0 Å². The number of aromatic nitrogens is 2. The summed E-state index contributed by atoms with van der Waals surface area (Å²) in [5.41, 5.74) is 0.787. The fourth-order valence-corrected chi connectivity index (χ4v) is 2.58. The fourth-order valence-electron chi connectivity index (χ4n) is 2.15. The Morgan fingerprint density at radius 1 is 0.950 bits per heavy atom. The number of methoxy groups -OCH3 is 1. The van der Waals surface area contributed by atoms with Gasteiger partial charge in [0, 0.05) is 6.07 Å². The lowest BCUT2D eigenvalue weighted by molar-refractivity contribution is 0.416. The van der Waals surface area contributed by atoms with E-state index in [0.29, 0.717) is 21.9 Å². The molecule has 0 saturated heterocycles. The van der Waals surface area contributed by atoms with E-state index in [1.165, 1.54) is 6.07 Å². The number of benzene rings is 2. The summed E-state index contributed by atoms with van der Waals surface area (Å²) in [7, 11) is 1.61. The van der Waals surface area contributed by atoms with Gasteiger partial charge in [-0.2, -0.15) is 0 Å². The van der Waals surface area contributed by atoms with Crippen molar-refractivity contribution < 1.29 is 4.74 Å². The molecule has 5 heteroatoms. The number of ether oxygens (including phenoxy) is 1. The number of hydrogen-bond acceptors (Lipinski definition) is 3. The van der Waals surface area contributed by atoms with Crippen molar-refractivity contribution in [2.24, 2.45) is 0 Å². The Morgan fingerprint density at radius 3 is 2.35 bits per heavy atom. The highest BCUT2D eigenvalue weighted by molar-refractivity contribution is 6.33. The summed E-state index contributed by atoms with van der Waals surface area (Å²) in [5.74, 6) is 1.14. The van der Waals surface area contributed by atoms with Gasteiger partial charge in [0.2, 0.25) is 0 Å². The van der Waals surface area contributed by atoms with Gasteiger partial charge in [0.25, 0.3) is 0 Å². The van der Waals surface area contributed by atoms with Crippen LogP contribution in [0.5, 0.6) is 5.75 Å². The molecule has 1 aromatic heterocycles. The van der Waals surface area contributed by atoms with E-state index in [9.17, 15) is 0 Å². The highest BCUT2D eigenvalue weighted by Gasteiger charge is 2.14. The SMILES string of the molecule is COc1ccc2ccccc2c1-c1nc(Cl)cc(Cl)n1. The van der Waals surface area contributed by atoms with Crippen molar-refractivity contribution in [2.45, 2.75) is 0 Å². The predicted octanol–water partition coefficient (Wildman–Crippen LogP) is 4.61. The molecule has 3 nitrogen and oxygen atoms in total. The number of nitrogens with zero attached hydrogens (tertiary/aromatic N) is 2. The van der Waals surface area contributed by atoms with Crippen molar-refractivity contribution >= 4 is 34.0 Å². The molecule has 0 radical (unpaired) electrons. The summed E-state index contributed by atoms with van der Waals surface area (Å²) in [6, 6.07) is 13.3. The maximum Gasteiger partial charge on any atom is 0.166 e. The number of fused-ring (bicyclic) bond motifs is 1. The van der Waals surface area contributed by atoms with Crippen LogP contribution in [0.2, 0.25) is 10.3 Å². The van der Waals surface area contributed by atoms with Gasteiger partial charge in [-0.1, -0.05) is 53.5 Å². The molecule has 0 bridgehead atoms. The summed E-state index contributed by atoms with van der Waals surface area (Å²) in [6.45, 7) is 0. The molecule has 0 amide bonds. The van der Waals surface area contributed by atoms with Gasteiger partial charge in [-0.25, -0.2) is 9.97 Å². The lowest BCUT2D eigenvalue weighted by Gasteiger charge is -2.11. The Morgan fingerprint density at radius 2 is 1.65 bits per heavy atom. The average molecular weight is 305 g/mol. The van der Waals surface area contributed by atoms with E-state index >= 15 is 0 Å². The minimum Gasteiger partial charge on any atom is -0.496 e. The Balaban J connectivity index is 2.38. The topological polar surface area (TPSA) is 35.0 Å². The van der Waals surface area contributed by atoms with Gasteiger partial charge in [-0.3, -0.25) is 0 Å². The van der Waals surface area contributed by atoms with Gasteiger partial charge in [-0.15, -0.1) is 0 Å². The van der Waals surface area contributed by atoms with E-state index in [-0.39, 0.29) is 0 Å². The van der Waals surface area contributed by atoms with Crippen LogP contribution < -0.4 is 4.74 Å². The first-order valence-corrected chi connectivity index (χ1v) is 6.71. The quantitative estimate of drug-likeness (QED) is 0.648. The molecular weight excluding hydrogens is 295 g/mol. The van der Waals surface area contributed by atoms with Gasteiger partial charge >= 0.3 is 0 Å². The molecule has 0 spiro atoms. The normalized spacial score (nSPS) is 10.8. The molecule has 0 N–H and O–H groups in total. The van der Waals surface area contributed by atoms with Gasteiger partial charge < -0.3 is 4.74 Å². The van der Waals surface area contributed by atoms with E-state index in [2.05, 4.69) is 9.97 Å². The molecule has 20 heavy (non-hydrogen) atoms. The smallest absolute Gasteiger partial charge is 0.166 e. The van der Waals surface area contributed by atoms with E-state index in [1.54, 1.807) is 7.11 Å². The Labute approximate surface area is 126 Å². The number of halogens is 2. The summed E-state index contributed by atoms with van der Waals surface area (Å²) in [6.07, 6.45) is 0. The molecule has 0 fully saturated rings. The first-order valence-electron chi connectivity index (χ1n) is 5.95. The minimum atomic E-state index is 0.301. The largest absolute Gasteiger partial charge is 0.496 e. The maximum absolute atomic E-state index is 5.97. The number of hydrogen-bond donors (Lipinski definition) is 0. The highest BCUT2D eigenvalue weighted by atomic mass is 35.5. The van der Waals surface area contributed by atoms with Gasteiger partial charge in [0.15, 0.2) is 5.82 Å². The molecule has 0 saturated carbocycles. The molecule has 0 atom stereocenters. The number of rotatable bonds is 2. The highest BCUT2D eigenvalue weighted by Crippen LogP contribution is 2.36. The van der Waals surface area contributed by atoms with Gasteiger partial charge in [0.1, 0.15) is 16.1 Å². The second kappa shape index (κ2) is 5.27. The summed E-state index contributed by atoms with van der Waals surface area (Å²) in [4.78, 5) is 8.51. The lowest BCUT2D eigenvalue weighted by atomic mass is 10.0. The Bertz CT molecular complexity index is 770. The third kappa shape index (κ3) is 2.30. The maximum atomic E-state index is 5.97. The van der Waals surface area contributed by atoms with E-state index in [1.807, 2.05) is 36.4 Å². The van der Waals surface area contributed by atoms with Crippen LogP contribution in [0.25, 0.3) is 22.2 Å². The van der Waals surface area contributed by atoms with Crippen LogP contribution in [0, 0.1) is 0 Å². The first kappa shape index (κ1) is 13.2. The molecule has 0 aliphatic rings. The van der Waals surface area contributed by atoms with E-state index in [0.717, 1.165) is 16.3 Å². The Hall–Kier alpha value is -1.84. The summed E-state index contributed by atoms with van der Waals surface area (Å²) < 4.78 is 5.42. The van der Waals surface area contributed by atoms with E-state index < -0.39 is 0 Å². The second-order valence-corrected chi connectivity index (χ2v) is 4.98. The molecule has 0 aliphatic heterocycles. The van der Waals surface area contributed by atoms with Gasteiger partial charge in [-0.05, 0) is 16.8 Å². The van der Waals surface area contributed by atoms with Crippen molar-refractivity contribution in [2.75, 3.05) is 7.11 Å². The molecule has 2 aromatic carbocycles. The minimum absolute atomic E-state index is 0.301. The molecule has 1 heterocycles. The van der Waals surface area contributed by atoms with Crippen LogP contribution in [0.1, 0.15) is 0 Å². The molecule has 0 unspecified atom stereocenters. The van der Waals surface area contributed by atoms with Crippen molar-refractivity contribution in [1.82, 2.24) is 9.97 Å². The second-order valence-electron chi connectivity index (χ2n) is 4.20. The van der Waals surface area contributed by atoms with Crippen molar-refractivity contribution in [3.63, 3.8) is 0 Å². The van der Waals surface area contributed by atoms with Crippen molar-refractivity contribution in [3.8, 4) is 17.1 Å². The van der Waals surface area contributed by atoms with E-state index in [4.69, 9.17) is 27.9 Å². The van der Waals surface area contributed by atoms with Crippen molar-refractivity contribution in [3.05, 3.63) is 52.8 Å².